The van der Waals surface area contributed by atoms with Crippen LogP contribution in [-0.4, -0.2) is 47.0 Å². The van der Waals surface area contributed by atoms with Crippen molar-refractivity contribution in [3.05, 3.63) is 54.3 Å². The molecule has 0 bridgehead atoms. The predicted molar refractivity (Wildman–Crippen MR) is 105 cm³/mol. The van der Waals surface area contributed by atoms with E-state index in [1.807, 2.05) is 30.3 Å². The Bertz CT molecular complexity index is 832. The average Bonchev–Trinajstić information content (AvgIpc) is 3.38. The normalized spacial score (nSPS) is 23.2. The lowest BCUT2D eigenvalue weighted by atomic mass is 9.94. The summed E-state index contributed by atoms with van der Waals surface area (Å²) in [5, 5.41) is 0. The summed E-state index contributed by atoms with van der Waals surface area (Å²) in [6, 6.07) is 12.8. The number of benzene rings is 1. The van der Waals surface area contributed by atoms with E-state index in [-0.39, 0.29) is 0 Å². The highest BCUT2D eigenvalue weighted by atomic mass is 16.3. The van der Waals surface area contributed by atoms with Crippen molar-refractivity contribution >= 4 is 11.1 Å². The number of aromatic nitrogens is 1. The molecule has 0 aliphatic carbocycles. The van der Waals surface area contributed by atoms with Crippen molar-refractivity contribution in [3.63, 3.8) is 0 Å². The lowest BCUT2D eigenvalue weighted by molar-refractivity contribution is 0.0762. The molecule has 27 heavy (non-hydrogen) atoms. The molecule has 0 saturated carbocycles. The van der Waals surface area contributed by atoms with Gasteiger partial charge < -0.3 is 8.83 Å². The SMILES string of the molecule is c1coc(CN2CCC(N3CCC[C@H](c4nc5ccccc5o4)C3)CC2)c1. The molecule has 142 valence electrons. The van der Waals surface area contributed by atoms with Gasteiger partial charge in [0.05, 0.1) is 12.8 Å². The maximum Gasteiger partial charge on any atom is 0.199 e. The third-order valence-electron chi connectivity index (χ3n) is 6.15. The molecule has 0 amide bonds. The Morgan fingerprint density at radius 1 is 1.00 bits per heavy atom. The zero-order chi connectivity index (χ0) is 18.1. The molecule has 5 rings (SSSR count). The molecule has 2 aromatic heterocycles. The summed E-state index contributed by atoms with van der Waals surface area (Å²) in [6.07, 6.45) is 6.65. The summed E-state index contributed by atoms with van der Waals surface area (Å²) in [4.78, 5) is 9.96. The zero-order valence-electron chi connectivity index (χ0n) is 15.7. The van der Waals surface area contributed by atoms with Gasteiger partial charge in [0.25, 0.3) is 0 Å². The van der Waals surface area contributed by atoms with E-state index in [0.29, 0.717) is 12.0 Å². The topological polar surface area (TPSA) is 45.7 Å². The first-order valence-electron chi connectivity index (χ1n) is 10.2. The largest absolute Gasteiger partial charge is 0.468 e. The second-order valence-electron chi connectivity index (χ2n) is 7.94. The average molecular weight is 365 g/mol. The highest BCUT2D eigenvalue weighted by Crippen LogP contribution is 2.31. The number of nitrogens with zero attached hydrogens (tertiary/aromatic N) is 3. The van der Waals surface area contributed by atoms with Crippen LogP contribution in [0.5, 0.6) is 0 Å². The predicted octanol–water partition coefficient (Wildman–Crippen LogP) is 4.26. The van der Waals surface area contributed by atoms with Crippen LogP contribution in [0.4, 0.5) is 0 Å². The fraction of sp³-hybridized carbons (Fsp3) is 0.500. The fourth-order valence-electron chi connectivity index (χ4n) is 4.67. The van der Waals surface area contributed by atoms with Gasteiger partial charge in [-0.05, 0) is 56.5 Å². The maximum atomic E-state index is 6.06. The van der Waals surface area contributed by atoms with Crippen molar-refractivity contribution in [3.8, 4) is 0 Å². The molecule has 2 aliphatic heterocycles. The molecule has 0 N–H and O–H groups in total. The molecule has 2 aliphatic rings. The molecule has 0 unspecified atom stereocenters. The second-order valence-corrected chi connectivity index (χ2v) is 7.94. The quantitative estimate of drug-likeness (QED) is 0.691. The van der Waals surface area contributed by atoms with Crippen LogP contribution in [0.25, 0.3) is 11.1 Å². The minimum Gasteiger partial charge on any atom is -0.468 e. The van der Waals surface area contributed by atoms with Gasteiger partial charge in [-0.1, -0.05) is 12.1 Å². The van der Waals surface area contributed by atoms with Crippen LogP contribution in [0.2, 0.25) is 0 Å². The summed E-state index contributed by atoms with van der Waals surface area (Å²) in [5.74, 6) is 2.42. The van der Waals surface area contributed by atoms with Crippen molar-refractivity contribution in [2.45, 2.75) is 44.2 Å². The lowest BCUT2D eigenvalue weighted by Gasteiger charge is -2.41. The van der Waals surface area contributed by atoms with Crippen molar-refractivity contribution in [1.29, 1.82) is 0 Å². The van der Waals surface area contributed by atoms with Crippen LogP contribution < -0.4 is 0 Å². The summed E-state index contributed by atoms with van der Waals surface area (Å²) >= 11 is 0. The van der Waals surface area contributed by atoms with Gasteiger partial charge in [-0.25, -0.2) is 4.98 Å². The van der Waals surface area contributed by atoms with E-state index in [1.165, 1.54) is 32.2 Å². The second kappa shape index (κ2) is 7.49. The van der Waals surface area contributed by atoms with Gasteiger partial charge in [0.2, 0.25) is 0 Å². The molecule has 2 fully saturated rings. The van der Waals surface area contributed by atoms with Gasteiger partial charge >= 0.3 is 0 Å². The van der Waals surface area contributed by atoms with Crippen LogP contribution in [-0.2, 0) is 6.54 Å². The summed E-state index contributed by atoms with van der Waals surface area (Å²) in [5.41, 5.74) is 1.90. The molecule has 2 saturated heterocycles. The van der Waals surface area contributed by atoms with Crippen molar-refractivity contribution in [2.75, 3.05) is 26.2 Å². The first kappa shape index (κ1) is 17.0. The molecule has 0 radical (unpaired) electrons. The molecular weight excluding hydrogens is 338 g/mol. The minimum atomic E-state index is 0.423. The Labute approximate surface area is 160 Å². The lowest BCUT2D eigenvalue weighted by Crippen LogP contribution is -2.47. The van der Waals surface area contributed by atoms with Crippen molar-refractivity contribution < 1.29 is 8.83 Å². The smallest absolute Gasteiger partial charge is 0.199 e. The highest BCUT2D eigenvalue weighted by molar-refractivity contribution is 5.72. The van der Waals surface area contributed by atoms with Gasteiger partial charge in [0, 0.05) is 31.6 Å². The highest BCUT2D eigenvalue weighted by Gasteiger charge is 2.31. The maximum absolute atomic E-state index is 6.06. The van der Waals surface area contributed by atoms with Gasteiger partial charge in [-0.2, -0.15) is 0 Å². The molecule has 4 heterocycles. The molecule has 3 aromatic rings. The van der Waals surface area contributed by atoms with Crippen LogP contribution in [0, 0.1) is 0 Å². The minimum absolute atomic E-state index is 0.423. The molecule has 0 spiro atoms. The van der Waals surface area contributed by atoms with E-state index in [0.717, 1.165) is 48.9 Å². The summed E-state index contributed by atoms with van der Waals surface area (Å²) in [7, 11) is 0. The van der Waals surface area contributed by atoms with E-state index in [9.17, 15) is 0 Å². The van der Waals surface area contributed by atoms with Gasteiger partial charge in [0.1, 0.15) is 11.3 Å². The van der Waals surface area contributed by atoms with Gasteiger partial charge in [-0.3, -0.25) is 9.80 Å². The standard InChI is InChI=1S/C22H27N3O2/c1-2-8-21-20(7-1)23-22(27-21)17-5-3-11-25(15-17)18-9-12-24(13-10-18)16-19-6-4-14-26-19/h1-2,4,6-8,14,17-18H,3,5,9-13,15-16H2/t17-/m0/s1. The van der Waals surface area contributed by atoms with Crippen LogP contribution in [0.3, 0.4) is 0 Å². The number of hydrogen-bond acceptors (Lipinski definition) is 5. The van der Waals surface area contributed by atoms with E-state index in [2.05, 4.69) is 15.9 Å². The number of hydrogen-bond donors (Lipinski definition) is 0. The van der Waals surface area contributed by atoms with Crippen molar-refractivity contribution in [2.24, 2.45) is 0 Å². The first-order valence-corrected chi connectivity index (χ1v) is 10.2. The van der Waals surface area contributed by atoms with Crippen LogP contribution >= 0.6 is 0 Å². The third kappa shape index (κ3) is 3.66. The Balaban J connectivity index is 1.20. The Kier molecular flexibility index (Phi) is 4.72. The van der Waals surface area contributed by atoms with E-state index >= 15 is 0 Å². The van der Waals surface area contributed by atoms with Crippen LogP contribution in [0.15, 0.2) is 51.5 Å². The number of piperidine rings is 2. The Morgan fingerprint density at radius 2 is 1.89 bits per heavy atom. The Hall–Kier alpha value is -2.11. The molecule has 5 nitrogen and oxygen atoms in total. The molecule has 1 aromatic carbocycles. The monoisotopic (exact) mass is 365 g/mol. The number of oxazole rings is 1. The third-order valence-corrected chi connectivity index (χ3v) is 6.15. The summed E-state index contributed by atoms with van der Waals surface area (Å²) in [6.45, 7) is 5.52. The van der Waals surface area contributed by atoms with Gasteiger partial charge in [0.15, 0.2) is 11.5 Å². The van der Waals surface area contributed by atoms with Crippen LogP contribution in [0.1, 0.15) is 43.3 Å². The Morgan fingerprint density at radius 3 is 2.70 bits per heavy atom. The number of fused-ring (bicyclic) bond motifs is 1. The zero-order valence-corrected chi connectivity index (χ0v) is 15.7. The number of rotatable bonds is 4. The summed E-state index contributed by atoms with van der Waals surface area (Å²) < 4.78 is 11.6. The molecule has 5 heteroatoms. The number of furan rings is 1. The molecule has 1 atom stereocenters. The number of para-hydroxylation sites is 2. The first-order chi connectivity index (χ1) is 13.3. The van der Waals surface area contributed by atoms with E-state index < -0.39 is 0 Å². The molecular formula is C22H27N3O2. The van der Waals surface area contributed by atoms with E-state index in [4.69, 9.17) is 13.8 Å². The van der Waals surface area contributed by atoms with E-state index in [1.54, 1.807) is 6.26 Å². The van der Waals surface area contributed by atoms with Crippen molar-refractivity contribution in [1.82, 2.24) is 14.8 Å². The van der Waals surface area contributed by atoms with Gasteiger partial charge in [-0.15, -0.1) is 0 Å². The number of likely N-dealkylation sites (tertiary alicyclic amines) is 2. The fourth-order valence-corrected chi connectivity index (χ4v) is 4.67.